The van der Waals surface area contributed by atoms with Crippen molar-refractivity contribution in [2.45, 2.75) is 45.1 Å². The lowest BCUT2D eigenvalue weighted by Crippen LogP contribution is -2.42. The van der Waals surface area contributed by atoms with Crippen LogP contribution in [0.5, 0.6) is 0 Å². The molecular weight excluding hydrogens is 264 g/mol. The molecule has 0 atom stereocenters. The first-order chi connectivity index (χ1) is 9.88. The Bertz CT molecular complexity index is 508. The Labute approximate surface area is 127 Å². The highest BCUT2D eigenvalue weighted by atomic mass is 16.3. The molecule has 0 bridgehead atoms. The number of likely N-dealkylation sites (N-methyl/N-ethyl adjacent to an activating group) is 1. The van der Waals surface area contributed by atoms with E-state index in [2.05, 4.69) is 5.32 Å². The van der Waals surface area contributed by atoms with Crippen molar-refractivity contribution in [3.05, 3.63) is 29.3 Å². The number of carbonyl (C=O) groups is 1. The molecule has 1 aliphatic rings. The number of rotatable bonds is 5. The summed E-state index contributed by atoms with van der Waals surface area (Å²) in [4.78, 5) is 14.0. The first-order valence-corrected chi connectivity index (χ1v) is 7.66. The second-order valence-corrected chi connectivity index (χ2v) is 6.47. The maximum atomic E-state index is 12.1. The molecule has 1 aromatic rings. The van der Waals surface area contributed by atoms with Gasteiger partial charge >= 0.3 is 0 Å². The van der Waals surface area contributed by atoms with Crippen LogP contribution in [0.2, 0.25) is 0 Å². The highest BCUT2D eigenvalue weighted by Gasteiger charge is 2.32. The van der Waals surface area contributed by atoms with Crippen LogP contribution in [0.4, 0.5) is 5.69 Å². The van der Waals surface area contributed by atoms with Gasteiger partial charge < -0.3 is 10.4 Å². The highest BCUT2D eigenvalue weighted by molar-refractivity contribution is 5.93. The molecular formula is C17H26N2O2. The SMILES string of the molecule is Cc1ccc(C)c(NC(=O)CN(C)CC2(O)CCCC2)c1. The third-order valence-electron chi connectivity index (χ3n) is 4.18. The smallest absolute Gasteiger partial charge is 0.238 e. The van der Waals surface area contributed by atoms with E-state index in [0.29, 0.717) is 13.1 Å². The number of amides is 1. The molecule has 1 amide bonds. The normalized spacial score (nSPS) is 17.2. The molecule has 0 spiro atoms. The largest absolute Gasteiger partial charge is 0.389 e. The molecule has 21 heavy (non-hydrogen) atoms. The first kappa shape index (κ1) is 16.0. The van der Waals surface area contributed by atoms with Gasteiger partial charge in [-0.1, -0.05) is 25.0 Å². The maximum Gasteiger partial charge on any atom is 0.238 e. The van der Waals surface area contributed by atoms with Crippen LogP contribution in [0.25, 0.3) is 0 Å². The standard InChI is InChI=1S/C17H26N2O2/c1-13-6-7-14(2)15(10-13)18-16(20)11-19(3)12-17(21)8-4-5-9-17/h6-7,10,21H,4-5,8-9,11-12H2,1-3H3,(H,18,20). The number of nitrogens with zero attached hydrogens (tertiary/aromatic N) is 1. The van der Waals surface area contributed by atoms with E-state index in [9.17, 15) is 9.90 Å². The van der Waals surface area contributed by atoms with Gasteiger partial charge in [0, 0.05) is 12.2 Å². The summed E-state index contributed by atoms with van der Waals surface area (Å²) < 4.78 is 0. The lowest BCUT2D eigenvalue weighted by molar-refractivity contribution is -0.117. The number of aliphatic hydroxyl groups is 1. The van der Waals surface area contributed by atoms with Gasteiger partial charge in [-0.3, -0.25) is 9.69 Å². The van der Waals surface area contributed by atoms with Crippen LogP contribution in [0.15, 0.2) is 18.2 Å². The lowest BCUT2D eigenvalue weighted by Gasteiger charge is -2.28. The monoisotopic (exact) mass is 290 g/mol. The minimum absolute atomic E-state index is 0.0344. The number of carbonyl (C=O) groups excluding carboxylic acids is 1. The Morgan fingerprint density at radius 2 is 2.00 bits per heavy atom. The summed E-state index contributed by atoms with van der Waals surface area (Å²) in [5.41, 5.74) is 2.46. The molecule has 4 heteroatoms. The third-order valence-corrected chi connectivity index (χ3v) is 4.18. The molecule has 0 unspecified atom stereocenters. The fourth-order valence-corrected chi connectivity index (χ4v) is 3.05. The van der Waals surface area contributed by atoms with Crippen molar-refractivity contribution in [2.24, 2.45) is 0 Å². The molecule has 1 fully saturated rings. The average molecular weight is 290 g/mol. The maximum absolute atomic E-state index is 12.1. The van der Waals surface area contributed by atoms with E-state index in [0.717, 1.165) is 42.5 Å². The Hall–Kier alpha value is -1.39. The first-order valence-electron chi connectivity index (χ1n) is 7.66. The molecule has 1 saturated carbocycles. The minimum Gasteiger partial charge on any atom is -0.389 e. The summed E-state index contributed by atoms with van der Waals surface area (Å²) in [6.45, 7) is 4.86. The van der Waals surface area contributed by atoms with Crippen molar-refractivity contribution in [3.8, 4) is 0 Å². The van der Waals surface area contributed by atoms with Crippen LogP contribution in [0.3, 0.4) is 0 Å². The predicted molar refractivity (Wildman–Crippen MR) is 85.5 cm³/mol. The molecule has 2 N–H and O–H groups in total. The van der Waals surface area contributed by atoms with Crippen LogP contribution in [-0.4, -0.2) is 41.7 Å². The Morgan fingerprint density at radius 3 is 2.67 bits per heavy atom. The van der Waals surface area contributed by atoms with Gasteiger partial charge in [0.1, 0.15) is 0 Å². The summed E-state index contributed by atoms with van der Waals surface area (Å²) in [6, 6.07) is 6.03. The lowest BCUT2D eigenvalue weighted by atomic mass is 10.0. The van der Waals surface area contributed by atoms with Crippen LogP contribution < -0.4 is 5.32 Å². The zero-order chi connectivity index (χ0) is 15.5. The third kappa shape index (κ3) is 4.55. The Balaban J connectivity index is 1.87. The predicted octanol–water partition coefficient (Wildman–Crippen LogP) is 2.48. The second kappa shape index (κ2) is 6.58. The van der Waals surface area contributed by atoms with E-state index in [1.54, 1.807) is 0 Å². The summed E-state index contributed by atoms with van der Waals surface area (Å²) in [5, 5.41) is 13.3. The van der Waals surface area contributed by atoms with Crippen molar-refractivity contribution >= 4 is 11.6 Å². The van der Waals surface area contributed by atoms with Gasteiger partial charge in [0.25, 0.3) is 0 Å². The zero-order valence-electron chi connectivity index (χ0n) is 13.3. The number of aryl methyl sites for hydroxylation is 2. The topological polar surface area (TPSA) is 52.6 Å². The number of hydrogen-bond acceptors (Lipinski definition) is 3. The fourth-order valence-electron chi connectivity index (χ4n) is 3.05. The van der Waals surface area contributed by atoms with E-state index >= 15 is 0 Å². The molecule has 0 saturated heterocycles. The van der Waals surface area contributed by atoms with Crippen molar-refractivity contribution < 1.29 is 9.90 Å². The van der Waals surface area contributed by atoms with Crippen molar-refractivity contribution in [1.82, 2.24) is 4.90 Å². The molecule has 116 valence electrons. The van der Waals surface area contributed by atoms with Gasteiger partial charge in [0.15, 0.2) is 0 Å². The molecule has 0 radical (unpaired) electrons. The van der Waals surface area contributed by atoms with Gasteiger partial charge in [-0.05, 0) is 50.9 Å². The van der Waals surface area contributed by atoms with E-state index in [-0.39, 0.29) is 5.91 Å². The molecule has 2 rings (SSSR count). The number of anilines is 1. The van der Waals surface area contributed by atoms with E-state index in [1.165, 1.54) is 0 Å². The van der Waals surface area contributed by atoms with Crippen molar-refractivity contribution in [1.29, 1.82) is 0 Å². The zero-order valence-corrected chi connectivity index (χ0v) is 13.3. The van der Waals surface area contributed by atoms with Gasteiger partial charge in [-0.2, -0.15) is 0 Å². The number of hydrogen-bond donors (Lipinski definition) is 2. The van der Waals surface area contributed by atoms with Crippen LogP contribution in [0, 0.1) is 13.8 Å². The Morgan fingerprint density at radius 1 is 1.33 bits per heavy atom. The van der Waals surface area contributed by atoms with Crippen molar-refractivity contribution in [2.75, 3.05) is 25.5 Å². The van der Waals surface area contributed by atoms with Gasteiger partial charge in [0.2, 0.25) is 5.91 Å². The number of nitrogens with one attached hydrogen (secondary N) is 1. The average Bonchev–Trinajstić information content (AvgIpc) is 2.79. The summed E-state index contributed by atoms with van der Waals surface area (Å²) >= 11 is 0. The second-order valence-electron chi connectivity index (χ2n) is 6.47. The Kier molecular flexibility index (Phi) is 5.01. The van der Waals surface area contributed by atoms with Crippen LogP contribution >= 0.6 is 0 Å². The van der Waals surface area contributed by atoms with Crippen LogP contribution in [0.1, 0.15) is 36.8 Å². The molecule has 4 nitrogen and oxygen atoms in total. The molecule has 0 aromatic heterocycles. The van der Waals surface area contributed by atoms with Crippen molar-refractivity contribution in [3.63, 3.8) is 0 Å². The number of benzene rings is 1. The molecule has 0 aliphatic heterocycles. The van der Waals surface area contributed by atoms with Gasteiger partial charge in [-0.15, -0.1) is 0 Å². The van der Waals surface area contributed by atoms with E-state index in [4.69, 9.17) is 0 Å². The molecule has 1 aliphatic carbocycles. The van der Waals surface area contributed by atoms with E-state index < -0.39 is 5.60 Å². The highest BCUT2D eigenvalue weighted by Crippen LogP contribution is 2.29. The molecule has 1 aromatic carbocycles. The minimum atomic E-state index is -0.603. The summed E-state index contributed by atoms with van der Waals surface area (Å²) in [6.07, 6.45) is 3.85. The van der Waals surface area contributed by atoms with Crippen LogP contribution in [-0.2, 0) is 4.79 Å². The summed E-state index contributed by atoms with van der Waals surface area (Å²) in [5.74, 6) is -0.0344. The molecule has 0 heterocycles. The quantitative estimate of drug-likeness (QED) is 0.876. The van der Waals surface area contributed by atoms with Gasteiger partial charge in [0.05, 0.1) is 12.1 Å². The van der Waals surface area contributed by atoms with Gasteiger partial charge in [-0.25, -0.2) is 0 Å². The van der Waals surface area contributed by atoms with E-state index in [1.807, 2.05) is 44.0 Å². The fraction of sp³-hybridized carbons (Fsp3) is 0.588. The summed E-state index contributed by atoms with van der Waals surface area (Å²) in [7, 11) is 1.89.